The Bertz CT molecular complexity index is 621. The molecule has 2 aliphatic rings. The van der Waals surface area contributed by atoms with Crippen LogP contribution in [0.15, 0.2) is 18.2 Å². The first-order chi connectivity index (χ1) is 11.0. The zero-order valence-corrected chi connectivity index (χ0v) is 14.4. The minimum Gasteiger partial charge on any atom is -0.342 e. The lowest BCUT2D eigenvalue weighted by molar-refractivity contribution is -0.142. The highest BCUT2D eigenvalue weighted by Gasteiger charge is 2.57. The summed E-state index contributed by atoms with van der Waals surface area (Å²) in [6.07, 6.45) is 5.61. The number of rotatable bonds is 3. The number of halogens is 2. The van der Waals surface area contributed by atoms with Crippen LogP contribution >= 0.6 is 23.2 Å². The molecule has 1 N–H and O–H groups in total. The molecular weight excluding hydrogens is 335 g/mol. The molecule has 23 heavy (non-hydrogen) atoms. The van der Waals surface area contributed by atoms with E-state index in [2.05, 4.69) is 5.32 Å². The van der Waals surface area contributed by atoms with Crippen molar-refractivity contribution in [3.63, 3.8) is 0 Å². The summed E-state index contributed by atoms with van der Waals surface area (Å²) in [5.41, 5.74) is -0.310. The van der Waals surface area contributed by atoms with Gasteiger partial charge < -0.3 is 10.2 Å². The fourth-order valence-corrected chi connectivity index (χ4v) is 3.36. The van der Waals surface area contributed by atoms with Crippen LogP contribution in [0.25, 0.3) is 0 Å². The maximum atomic E-state index is 12.8. The number of carbonyl (C=O) groups is 2. The van der Waals surface area contributed by atoms with Crippen LogP contribution in [-0.2, 0) is 9.59 Å². The first-order valence-electron chi connectivity index (χ1n) is 8.09. The van der Waals surface area contributed by atoms with Gasteiger partial charge in [-0.15, -0.1) is 0 Å². The van der Waals surface area contributed by atoms with Crippen LogP contribution in [0.3, 0.4) is 0 Å². The van der Waals surface area contributed by atoms with Gasteiger partial charge in [-0.2, -0.15) is 0 Å². The Kier molecular flexibility index (Phi) is 4.83. The lowest BCUT2D eigenvalue weighted by Gasteiger charge is -2.25. The van der Waals surface area contributed by atoms with E-state index >= 15 is 0 Å². The Balaban J connectivity index is 1.70. The third-order valence-corrected chi connectivity index (χ3v) is 5.40. The van der Waals surface area contributed by atoms with E-state index in [9.17, 15) is 9.59 Å². The number of nitrogens with zero attached hydrogens (tertiary/aromatic N) is 1. The average Bonchev–Trinajstić information content (AvgIpc) is 3.34. The van der Waals surface area contributed by atoms with Crippen LogP contribution in [0.5, 0.6) is 0 Å². The van der Waals surface area contributed by atoms with Crippen LogP contribution in [-0.4, -0.2) is 29.8 Å². The Hall–Kier alpha value is -1.26. The highest BCUT2D eigenvalue weighted by molar-refractivity contribution is 6.42. The summed E-state index contributed by atoms with van der Waals surface area (Å²) in [4.78, 5) is 27.3. The molecule has 3 rings (SSSR count). The van der Waals surface area contributed by atoms with E-state index in [1.165, 1.54) is 0 Å². The van der Waals surface area contributed by atoms with E-state index in [0.29, 0.717) is 28.6 Å². The number of likely N-dealkylation sites (tertiary alicyclic amines) is 1. The molecule has 1 aromatic carbocycles. The predicted molar refractivity (Wildman–Crippen MR) is 91.8 cm³/mol. The molecule has 0 radical (unpaired) electrons. The normalized spacial score (nSPS) is 19.8. The molecule has 0 aromatic heterocycles. The minimum absolute atomic E-state index is 0.0167. The van der Waals surface area contributed by atoms with Crippen molar-refractivity contribution in [2.75, 3.05) is 18.4 Å². The molecule has 1 saturated carbocycles. The van der Waals surface area contributed by atoms with Gasteiger partial charge in [0.05, 0.1) is 10.0 Å². The molecule has 1 aliphatic heterocycles. The summed E-state index contributed by atoms with van der Waals surface area (Å²) < 4.78 is 0. The molecule has 1 aromatic rings. The van der Waals surface area contributed by atoms with E-state index in [-0.39, 0.29) is 11.8 Å². The molecule has 124 valence electrons. The number of amides is 2. The topological polar surface area (TPSA) is 49.4 Å². The first kappa shape index (κ1) is 16.6. The van der Waals surface area contributed by atoms with Gasteiger partial charge in [0.1, 0.15) is 5.41 Å². The van der Waals surface area contributed by atoms with Gasteiger partial charge in [0.2, 0.25) is 11.8 Å². The summed E-state index contributed by atoms with van der Waals surface area (Å²) in [5, 5.41) is 3.64. The van der Waals surface area contributed by atoms with E-state index in [4.69, 9.17) is 23.2 Å². The van der Waals surface area contributed by atoms with Crippen LogP contribution < -0.4 is 5.32 Å². The van der Waals surface area contributed by atoms with Crippen molar-refractivity contribution in [1.29, 1.82) is 0 Å². The maximum Gasteiger partial charge on any atom is 0.240 e. The molecule has 6 heteroatoms. The van der Waals surface area contributed by atoms with Gasteiger partial charge in [-0.25, -0.2) is 0 Å². The van der Waals surface area contributed by atoms with Crippen molar-refractivity contribution < 1.29 is 9.59 Å². The van der Waals surface area contributed by atoms with Crippen LogP contribution in [0.4, 0.5) is 5.69 Å². The fraction of sp³-hybridized carbons (Fsp3) is 0.529. The molecule has 2 fully saturated rings. The van der Waals surface area contributed by atoms with Gasteiger partial charge in [0.25, 0.3) is 0 Å². The van der Waals surface area contributed by atoms with Crippen LogP contribution in [0.2, 0.25) is 10.0 Å². The first-order valence-corrected chi connectivity index (χ1v) is 8.84. The molecule has 1 aliphatic carbocycles. The number of benzene rings is 1. The van der Waals surface area contributed by atoms with Gasteiger partial charge in [-0.1, -0.05) is 36.0 Å². The third kappa shape index (κ3) is 3.48. The zero-order valence-electron chi connectivity index (χ0n) is 12.9. The second-order valence-electron chi connectivity index (χ2n) is 6.37. The Morgan fingerprint density at radius 1 is 1.00 bits per heavy atom. The second-order valence-corrected chi connectivity index (χ2v) is 7.19. The smallest absolute Gasteiger partial charge is 0.240 e. The fourth-order valence-electron chi connectivity index (χ4n) is 3.06. The highest BCUT2D eigenvalue weighted by Crippen LogP contribution is 2.48. The van der Waals surface area contributed by atoms with Gasteiger partial charge in [0.15, 0.2) is 0 Å². The van der Waals surface area contributed by atoms with Crippen molar-refractivity contribution >= 4 is 40.7 Å². The minimum atomic E-state index is -0.879. The van der Waals surface area contributed by atoms with Crippen molar-refractivity contribution in [3.8, 4) is 0 Å². The number of anilines is 1. The molecule has 1 heterocycles. The number of nitrogens with one attached hydrogen (secondary N) is 1. The Morgan fingerprint density at radius 3 is 2.22 bits per heavy atom. The molecule has 0 spiro atoms. The second kappa shape index (κ2) is 6.70. The Labute approximate surface area is 146 Å². The van der Waals surface area contributed by atoms with Gasteiger partial charge in [0, 0.05) is 18.8 Å². The SMILES string of the molecule is O=C(Nc1ccc(Cl)c(Cl)c1)C1(C(=O)N2CCCCCC2)CC1. The van der Waals surface area contributed by atoms with E-state index in [0.717, 1.165) is 38.8 Å². The highest BCUT2D eigenvalue weighted by atomic mass is 35.5. The van der Waals surface area contributed by atoms with Crippen molar-refractivity contribution in [3.05, 3.63) is 28.2 Å². The summed E-state index contributed by atoms with van der Waals surface area (Å²) in [5.74, 6) is -0.248. The van der Waals surface area contributed by atoms with Crippen molar-refractivity contribution in [2.45, 2.75) is 38.5 Å². The quantitative estimate of drug-likeness (QED) is 0.830. The lowest BCUT2D eigenvalue weighted by Crippen LogP contribution is -2.43. The average molecular weight is 355 g/mol. The number of carbonyl (C=O) groups excluding carboxylic acids is 2. The maximum absolute atomic E-state index is 12.8. The predicted octanol–water partition coefficient (Wildman–Crippen LogP) is 4.11. The largest absolute Gasteiger partial charge is 0.342 e. The van der Waals surface area contributed by atoms with Gasteiger partial charge in [-0.05, 0) is 43.9 Å². The third-order valence-electron chi connectivity index (χ3n) is 4.66. The summed E-state index contributed by atoms with van der Waals surface area (Å²) >= 11 is 11.9. The van der Waals surface area contributed by atoms with E-state index in [1.54, 1.807) is 18.2 Å². The molecular formula is C17H20Cl2N2O2. The monoisotopic (exact) mass is 354 g/mol. The number of hydrogen-bond donors (Lipinski definition) is 1. The molecule has 2 amide bonds. The number of hydrogen-bond acceptors (Lipinski definition) is 2. The summed E-state index contributed by atoms with van der Waals surface area (Å²) in [7, 11) is 0. The Morgan fingerprint density at radius 2 is 1.65 bits per heavy atom. The van der Waals surface area contributed by atoms with E-state index < -0.39 is 5.41 Å². The van der Waals surface area contributed by atoms with Gasteiger partial charge in [-0.3, -0.25) is 9.59 Å². The van der Waals surface area contributed by atoms with Crippen molar-refractivity contribution in [2.24, 2.45) is 5.41 Å². The standard InChI is InChI=1S/C17H20Cl2N2O2/c18-13-6-5-12(11-14(13)19)20-15(22)17(7-8-17)16(23)21-9-3-1-2-4-10-21/h5-6,11H,1-4,7-10H2,(H,20,22). The molecule has 0 unspecified atom stereocenters. The molecule has 0 bridgehead atoms. The summed E-state index contributed by atoms with van der Waals surface area (Å²) in [6, 6.07) is 4.93. The van der Waals surface area contributed by atoms with Gasteiger partial charge >= 0.3 is 0 Å². The van der Waals surface area contributed by atoms with Crippen LogP contribution in [0.1, 0.15) is 38.5 Å². The molecule has 0 atom stereocenters. The van der Waals surface area contributed by atoms with E-state index in [1.807, 2.05) is 4.90 Å². The zero-order chi connectivity index (χ0) is 16.4. The lowest BCUT2D eigenvalue weighted by atomic mass is 10.0. The molecule has 4 nitrogen and oxygen atoms in total. The van der Waals surface area contributed by atoms with Crippen LogP contribution in [0, 0.1) is 5.41 Å². The summed E-state index contributed by atoms with van der Waals surface area (Å²) in [6.45, 7) is 1.53. The van der Waals surface area contributed by atoms with Crippen molar-refractivity contribution in [1.82, 2.24) is 4.90 Å². The molecule has 1 saturated heterocycles.